The third kappa shape index (κ3) is 4.49. The molecule has 3 aromatic carbocycles. The van der Waals surface area contributed by atoms with Gasteiger partial charge in [-0.2, -0.15) is 0 Å². The first-order valence-electron chi connectivity index (χ1n) is 8.72. The maximum atomic E-state index is 12.3. The molecule has 5 nitrogen and oxygen atoms in total. The van der Waals surface area contributed by atoms with E-state index in [1.165, 1.54) is 7.11 Å². The van der Waals surface area contributed by atoms with Crippen molar-refractivity contribution in [3.63, 3.8) is 0 Å². The number of nitrogens with one attached hydrogen (secondary N) is 1. The number of benzene rings is 3. The maximum absolute atomic E-state index is 12.3. The summed E-state index contributed by atoms with van der Waals surface area (Å²) in [6.45, 7) is 0.357. The summed E-state index contributed by atoms with van der Waals surface area (Å²) in [4.78, 5) is 24.0. The molecule has 3 aromatic rings. The van der Waals surface area contributed by atoms with E-state index < -0.39 is 5.97 Å². The van der Waals surface area contributed by atoms with Crippen LogP contribution in [0.4, 0.5) is 0 Å². The highest BCUT2D eigenvalue weighted by atomic mass is 16.5. The zero-order valence-corrected chi connectivity index (χ0v) is 15.4. The molecule has 140 valence electrons. The van der Waals surface area contributed by atoms with Crippen LogP contribution < -0.4 is 10.1 Å². The normalized spacial score (nSPS) is 9.89. The Hall–Kier alpha value is -3.78. The van der Waals surface area contributed by atoms with E-state index in [2.05, 4.69) is 17.2 Å². The summed E-state index contributed by atoms with van der Waals surface area (Å²) in [6.07, 6.45) is 0. The number of amides is 1. The highest BCUT2D eigenvalue weighted by Crippen LogP contribution is 2.24. The highest BCUT2D eigenvalue weighted by molar-refractivity contribution is 6.05. The number of methoxy groups -OCH3 is 1. The van der Waals surface area contributed by atoms with E-state index in [0.717, 1.165) is 16.5 Å². The van der Waals surface area contributed by atoms with Gasteiger partial charge < -0.3 is 14.8 Å². The number of rotatable bonds is 5. The van der Waals surface area contributed by atoms with Gasteiger partial charge in [0.05, 0.1) is 24.8 Å². The Bertz CT molecular complexity index is 1060. The zero-order valence-electron chi connectivity index (χ0n) is 15.4. The minimum absolute atomic E-state index is 0.146. The van der Waals surface area contributed by atoms with Crippen LogP contribution >= 0.6 is 0 Å². The average Bonchev–Trinajstić information content (AvgIpc) is 2.75. The van der Waals surface area contributed by atoms with Crippen molar-refractivity contribution in [1.82, 2.24) is 5.32 Å². The summed E-state index contributed by atoms with van der Waals surface area (Å²) in [5.41, 5.74) is 0.470. The molecule has 0 aliphatic rings. The molecule has 0 aliphatic heterocycles. The summed E-state index contributed by atoms with van der Waals surface area (Å²) >= 11 is 0. The molecule has 1 amide bonds. The second-order valence-corrected chi connectivity index (χ2v) is 5.84. The lowest BCUT2D eigenvalue weighted by molar-refractivity contribution is 0.0596. The van der Waals surface area contributed by atoms with Crippen molar-refractivity contribution in [1.29, 1.82) is 0 Å². The fourth-order valence-electron chi connectivity index (χ4n) is 2.74. The standard InChI is InChI=1S/C23H19NO4/c1-27-23(26)20-13-5-4-12-19(20)22(25)24-15-6-7-16-28-21-14-8-10-17-9-2-3-11-18(17)21/h2-5,8-14H,15-16H2,1H3,(H,24,25). The zero-order chi connectivity index (χ0) is 19.8. The van der Waals surface area contributed by atoms with Crippen molar-refractivity contribution in [2.45, 2.75) is 0 Å². The Morgan fingerprint density at radius 2 is 1.61 bits per heavy atom. The van der Waals surface area contributed by atoms with Crippen LogP contribution in [0.2, 0.25) is 0 Å². The molecule has 0 atom stereocenters. The Labute approximate surface area is 163 Å². The molecule has 28 heavy (non-hydrogen) atoms. The Morgan fingerprint density at radius 1 is 0.893 bits per heavy atom. The van der Waals surface area contributed by atoms with Crippen LogP contribution in [0.3, 0.4) is 0 Å². The lowest BCUT2D eigenvalue weighted by Gasteiger charge is -2.07. The van der Waals surface area contributed by atoms with Gasteiger partial charge in [-0.1, -0.05) is 60.4 Å². The third-order valence-electron chi connectivity index (χ3n) is 4.09. The van der Waals surface area contributed by atoms with Gasteiger partial charge in [0.25, 0.3) is 5.91 Å². The number of esters is 1. The van der Waals surface area contributed by atoms with Gasteiger partial charge in [-0.25, -0.2) is 4.79 Å². The van der Waals surface area contributed by atoms with Gasteiger partial charge >= 0.3 is 5.97 Å². The number of hydrogen-bond donors (Lipinski definition) is 1. The number of carbonyl (C=O) groups is 2. The molecule has 0 spiro atoms. The fourth-order valence-corrected chi connectivity index (χ4v) is 2.74. The predicted molar refractivity (Wildman–Crippen MR) is 107 cm³/mol. The SMILES string of the molecule is COC(=O)c1ccccc1C(=O)NCC#CCOc1cccc2ccccc12. The average molecular weight is 373 g/mol. The number of hydrogen-bond acceptors (Lipinski definition) is 4. The van der Waals surface area contributed by atoms with Crippen molar-refractivity contribution in [3.05, 3.63) is 77.9 Å². The second-order valence-electron chi connectivity index (χ2n) is 5.84. The quantitative estimate of drug-likeness (QED) is 0.550. The highest BCUT2D eigenvalue weighted by Gasteiger charge is 2.16. The molecule has 0 fully saturated rings. The van der Waals surface area contributed by atoms with Gasteiger partial charge in [0.15, 0.2) is 0 Å². The van der Waals surface area contributed by atoms with Gasteiger partial charge in [0, 0.05) is 5.39 Å². The van der Waals surface area contributed by atoms with Crippen molar-refractivity contribution >= 4 is 22.6 Å². The molecular formula is C23H19NO4. The minimum atomic E-state index is -0.555. The molecule has 0 aliphatic carbocycles. The van der Waals surface area contributed by atoms with Gasteiger partial charge in [-0.05, 0) is 23.6 Å². The molecule has 0 heterocycles. The lowest BCUT2D eigenvalue weighted by Crippen LogP contribution is -2.25. The largest absolute Gasteiger partial charge is 0.480 e. The summed E-state index contributed by atoms with van der Waals surface area (Å²) in [6, 6.07) is 20.3. The maximum Gasteiger partial charge on any atom is 0.338 e. The van der Waals surface area contributed by atoms with E-state index >= 15 is 0 Å². The molecule has 0 aromatic heterocycles. The minimum Gasteiger partial charge on any atom is -0.480 e. The lowest BCUT2D eigenvalue weighted by atomic mass is 10.1. The topological polar surface area (TPSA) is 64.6 Å². The molecule has 0 unspecified atom stereocenters. The van der Waals surface area contributed by atoms with Crippen LogP contribution in [-0.4, -0.2) is 32.1 Å². The molecule has 0 saturated heterocycles. The van der Waals surface area contributed by atoms with Crippen LogP contribution in [0.5, 0.6) is 5.75 Å². The monoisotopic (exact) mass is 373 g/mol. The first-order chi connectivity index (χ1) is 13.7. The molecule has 0 bridgehead atoms. The molecule has 1 N–H and O–H groups in total. The smallest absolute Gasteiger partial charge is 0.338 e. The Kier molecular flexibility index (Phi) is 6.27. The third-order valence-corrected chi connectivity index (χ3v) is 4.09. The van der Waals surface area contributed by atoms with Crippen molar-refractivity contribution in [2.24, 2.45) is 0 Å². The number of ether oxygens (including phenoxy) is 2. The van der Waals surface area contributed by atoms with E-state index in [1.807, 2.05) is 42.5 Å². The number of fused-ring (bicyclic) bond motifs is 1. The van der Waals surface area contributed by atoms with Crippen molar-refractivity contribution < 1.29 is 19.1 Å². The molecular weight excluding hydrogens is 354 g/mol. The van der Waals surface area contributed by atoms with E-state index in [-0.39, 0.29) is 30.2 Å². The van der Waals surface area contributed by atoms with Gasteiger partial charge in [-0.15, -0.1) is 0 Å². The molecule has 0 radical (unpaired) electrons. The van der Waals surface area contributed by atoms with Gasteiger partial charge in [-0.3, -0.25) is 4.79 Å². The van der Waals surface area contributed by atoms with E-state index in [1.54, 1.807) is 24.3 Å². The van der Waals surface area contributed by atoms with Crippen LogP contribution in [0, 0.1) is 11.8 Å². The second kappa shape index (κ2) is 9.24. The summed E-state index contributed by atoms with van der Waals surface area (Å²) in [7, 11) is 1.28. The molecule has 5 heteroatoms. The van der Waals surface area contributed by atoms with E-state index in [4.69, 9.17) is 9.47 Å². The molecule has 3 rings (SSSR count). The van der Waals surface area contributed by atoms with Crippen LogP contribution in [0.15, 0.2) is 66.7 Å². The first kappa shape index (κ1) is 19.0. The predicted octanol–water partition coefficient (Wildman–Crippen LogP) is 3.44. The first-order valence-corrected chi connectivity index (χ1v) is 8.72. The van der Waals surface area contributed by atoms with Crippen molar-refractivity contribution in [2.75, 3.05) is 20.3 Å². The summed E-state index contributed by atoms with van der Waals surface area (Å²) in [5, 5.41) is 4.80. The molecule has 0 saturated carbocycles. The van der Waals surface area contributed by atoms with Crippen molar-refractivity contribution in [3.8, 4) is 17.6 Å². The Balaban J connectivity index is 1.55. The fraction of sp³-hybridized carbons (Fsp3) is 0.130. The van der Waals surface area contributed by atoms with Gasteiger partial charge in [0.2, 0.25) is 0 Å². The summed E-state index contributed by atoms with van der Waals surface area (Å²) in [5.74, 6) is 5.55. The van der Waals surface area contributed by atoms with Crippen LogP contribution in [-0.2, 0) is 4.74 Å². The van der Waals surface area contributed by atoms with Crippen LogP contribution in [0.25, 0.3) is 10.8 Å². The van der Waals surface area contributed by atoms with Crippen LogP contribution in [0.1, 0.15) is 20.7 Å². The summed E-state index contributed by atoms with van der Waals surface area (Å²) < 4.78 is 10.4. The van der Waals surface area contributed by atoms with Gasteiger partial charge in [0.1, 0.15) is 12.4 Å². The van der Waals surface area contributed by atoms with E-state index in [9.17, 15) is 9.59 Å². The Morgan fingerprint density at radius 3 is 2.43 bits per heavy atom. The number of carbonyl (C=O) groups excluding carboxylic acids is 2. The van der Waals surface area contributed by atoms with E-state index in [0.29, 0.717) is 0 Å².